The van der Waals surface area contributed by atoms with Gasteiger partial charge in [-0.1, -0.05) is 30.3 Å². The fourth-order valence-electron chi connectivity index (χ4n) is 3.78. The molecule has 1 fully saturated rings. The minimum absolute atomic E-state index is 0.0650. The highest BCUT2D eigenvalue weighted by Crippen LogP contribution is 2.28. The number of aromatic nitrogens is 4. The molecule has 0 amide bonds. The average Bonchev–Trinajstić information content (AvgIpc) is 3.47. The van der Waals surface area contributed by atoms with E-state index in [-0.39, 0.29) is 5.69 Å². The summed E-state index contributed by atoms with van der Waals surface area (Å²) < 4.78 is 34.8. The smallest absolute Gasteiger partial charge is 0.182 e. The number of aromatic amines is 1. The summed E-state index contributed by atoms with van der Waals surface area (Å²) in [5, 5.41) is 8.00. The van der Waals surface area contributed by atoms with Crippen LogP contribution in [0.5, 0.6) is 0 Å². The second-order valence-electron chi connectivity index (χ2n) is 7.48. The van der Waals surface area contributed by atoms with Crippen LogP contribution in [-0.2, 0) is 11.3 Å². The Morgan fingerprint density at radius 1 is 1.00 bits per heavy atom. The number of morpholine rings is 1. The molecule has 3 heterocycles. The number of rotatable bonds is 5. The molecule has 31 heavy (non-hydrogen) atoms. The first-order valence-electron chi connectivity index (χ1n) is 10.1. The molecule has 158 valence electrons. The fourth-order valence-corrected chi connectivity index (χ4v) is 3.78. The Bertz CT molecular complexity index is 1180. The minimum Gasteiger partial charge on any atom is -0.379 e. The van der Waals surface area contributed by atoms with Gasteiger partial charge in [-0.2, -0.15) is 0 Å². The molecule has 1 aliphatic rings. The number of nitrogens with zero attached hydrogens (tertiary/aromatic N) is 4. The van der Waals surface area contributed by atoms with Gasteiger partial charge in [0.25, 0.3) is 0 Å². The molecule has 4 aromatic rings. The van der Waals surface area contributed by atoms with Crippen molar-refractivity contribution in [3.05, 3.63) is 78.3 Å². The van der Waals surface area contributed by atoms with Crippen molar-refractivity contribution in [2.24, 2.45) is 0 Å². The largest absolute Gasteiger partial charge is 0.379 e. The zero-order chi connectivity index (χ0) is 21.2. The monoisotopic (exact) mass is 421 g/mol. The predicted molar refractivity (Wildman–Crippen MR) is 113 cm³/mol. The van der Waals surface area contributed by atoms with Crippen LogP contribution in [0.2, 0.25) is 0 Å². The lowest BCUT2D eigenvalue weighted by molar-refractivity contribution is 0.0342. The van der Waals surface area contributed by atoms with Crippen molar-refractivity contribution in [1.82, 2.24) is 24.6 Å². The first-order chi connectivity index (χ1) is 15.2. The number of halogens is 2. The standard InChI is InChI=1S/C23H21F2N5O/c24-19-2-1-3-21(22(19)25)30-15-27-28-23(30)18-12-20(26-13-18)17-6-4-16(5-7-17)14-29-8-10-31-11-9-29/h1-7,12-13,15,26H,8-11,14H2. The van der Waals surface area contributed by atoms with Crippen molar-refractivity contribution in [2.75, 3.05) is 26.3 Å². The predicted octanol–water partition coefficient (Wildman–Crippen LogP) is 4.04. The number of benzene rings is 2. The minimum atomic E-state index is -0.935. The van der Waals surface area contributed by atoms with Crippen molar-refractivity contribution in [3.63, 3.8) is 0 Å². The molecule has 6 nitrogen and oxygen atoms in total. The molecular weight excluding hydrogens is 400 g/mol. The number of nitrogens with one attached hydrogen (secondary N) is 1. The van der Waals surface area contributed by atoms with Gasteiger partial charge in [-0.3, -0.25) is 9.47 Å². The van der Waals surface area contributed by atoms with E-state index in [1.165, 1.54) is 28.6 Å². The summed E-state index contributed by atoms with van der Waals surface area (Å²) in [5.74, 6) is -1.42. The summed E-state index contributed by atoms with van der Waals surface area (Å²) in [6.45, 7) is 4.38. The Morgan fingerprint density at radius 3 is 2.61 bits per heavy atom. The first kappa shape index (κ1) is 19.6. The number of ether oxygens (including phenoxy) is 1. The van der Waals surface area contributed by atoms with Crippen molar-refractivity contribution >= 4 is 0 Å². The van der Waals surface area contributed by atoms with Gasteiger partial charge in [0.2, 0.25) is 0 Å². The molecule has 1 aliphatic heterocycles. The van der Waals surface area contributed by atoms with E-state index < -0.39 is 11.6 Å². The Hall–Kier alpha value is -3.36. The third kappa shape index (κ3) is 3.99. The summed E-state index contributed by atoms with van der Waals surface area (Å²) in [5.41, 5.74) is 3.98. The molecule has 2 aromatic carbocycles. The summed E-state index contributed by atoms with van der Waals surface area (Å²) in [7, 11) is 0. The molecule has 0 saturated carbocycles. The molecular formula is C23H21F2N5O. The molecule has 0 aliphatic carbocycles. The molecule has 1 N–H and O–H groups in total. The molecule has 0 spiro atoms. The zero-order valence-electron chi connectivity index (χ0n) is 16.8. The van der Waals surface area contributed by atoms with E-state index in [1.807, 2.05) is 6.07 Å². The van der Waals surface area contributed by atoms with Crippen LogP contribution in [0, 0.1) is 11.6 Å². The van der Waals surface area contributed by atoms with Gasteiger partial charge in [0.15, 0.2) is 17.5 Å². The lowest BCUT2D eigenvalue weighted by Crippen LogP contribution is -2.35. The Morgan fingerprint density at radius 2 is 1.81 bits per heavy atom. The topological polar surface area (TPSA) is 59.0 Å². The van der Waals surface area contributed by atoms with Crippen LogP contribution in [-0.4, -0.2) is 51.0 Å². The van der Waals surface area contributed by atoms with E-state index in [9.17, 15) is 8.78 Å². The highest BCUT2D eigenvalue weighted by molar-refractivity contribution is 5.69. The molecule has 0 radical (unpaired) electrons. The van der Waals surface area contributed by atoms with E-state index in [1.54, 1.807) is 6.20 Å². The SMILES string of the molecule is Fc1cccc(-n2cnnc2-c2c[nH]c(-c3ccc(CN4CCOCC4)cc3)c2)c1F. The van der Waals surface area contributed by atoms with Crippen LogP contribution in [0.3, 0.4) is 0 Å². The summed E-state index contributed by atoms with van der Waals surface area (Å²) in [6, 6.07) is 14.3. The maximum absolute atomic E-state index is 14.3. The number of hydrogen-bond acceptors (Lipinski definition) is 4. The molecule has 2 aromatic heterocycles. The number of H-pyrrole nitrogens is 1. The average molecular weight is 421 g/mol. The van der Waals surface area contributed by atoms with Gasteiger partial charge in [-0.25, -0.2) is 8.78 Å². The van der Waals surface area contributed by atoms with Crippen LogP contribution in [0.1, 0.15) is 5.56 Å². The van der Waals surface area contributed by atoms with Crippen LogP contribution in [0.4, 0.5) is 8.78 Å². The van der Waals surface area contributed by atoms with Gasteiger partial charge in [0, 0.05) is 37.1 Å². The summed E-state index contributed by atoms with van der Waals surface area (Å²) in [4.78, 5) is 5.62. The first-order valence-corrected chi connectivity index (χ1v) is 10.1. The van der Waals surface area contributed by atoms with Gasteiger partial charge < -0.3 is 9.72 Å². The van der Waals surface area contributed by atoms with Gasteiger partial charge in [0.05, 0.1) is 18.9 Å². The van der Waals surface area contributed by atoms with Crippen LogP contribution in [0.25, 0.3) is 28.3 Å². The Kier molecular flexibility index (Phi) is 5.31. The summed E-state index contributed by atoms with van der Waals surface area (Å²) in [6.07, 6.45) is 3.16. The van der Waals surface area contributed by atoms with Crippen molar-refractivity contribution < 1.29 is 13.5 Å². The fraction of sp³-hybridized carbons (Fsp3) is 0.217. The van der Waals surface area contributed by atoms with Gasteiger partial charge in [0.1, 0.15) is 6.33 Å². The highest BCUT2D eigenvalue weighted by atomic mass is 19.2. The molecule has 0 bridgehead atoms. The van der Waals surface area contributed by atoms with Crippen molar-refractivity contribution in [2.45, 2.75) is 6.54 Å². The van der Waals surface area contributed by atoms with E-state index in [4.69, 9.17) is 4.74 Å². The quantitative estimate of drug-likeness (QED) is 0.528. The second kappa shape index (κ2) is 8.41. The Balaban J connectivity index is 1.38. The molecule has 0 unspecified atom stereocenters. The van der Waals surface area contributed by atoms with Gasteiger partial charge in [-0.05, 0) is 29.3 Å². The molecule has 8 heteroatoms. The van der Waals surface area contributed by atoms with E-state index in [2.05, 4.69) is 44.3 Å². The Labute approximate surface area is 178 Å². The van der Waals surface area contributed by atoms with E-state index >= 15 is 0 Å². The third-order valence-electron chi connectivity index (χ3n) is 5.45. The lowest BCUT2D eigenvalue weighted by Gasteiger charge is -2.26. The third-order valence-corrected chi connectivity index (χ3v) is 5.45. The van der Waals surface area contributed by atoms with Crippen molar-refractivity contribution in [1.29, 1.82) is 0 Å². The lowest BCUT2D eigenvalue weighted by atomic mass is 10.1. The molecule has 0 atom stereocenters. The summed E-state index contributed by atoms with van der Waals surface area (Å²) >= 11 is 0. The van der Waals surface area contributed by atoms with E-state index in [0.717, 1.165) is 55.7 Å². The van der Waals surface area contributed by atoms with Crippen LogP contribution >= 0.6 is 0 Å². The second-order valence-corrected chi connectivity index (χ2v) is 7.48. The van der Waals surface area contributed by atoms with Crippen LogP contribution < -0.4 is 0 Å². The maximum atomic E-state index is 14.3. The molecule has 5 rings (SSSR count). The van der Waals surface area contributed by atoms with Gasteiger partial charge in [-0.15, -0.1) is 10.2 Å². The van der Waals surface area contributed by atoms with Crippen LogP contribution in [0.15, 0.2) is 61.1 Å². The van der Waals surface area contributed by atoms with Crippen molar-refractivity contribution in [3.8, 4) is 28.3 Å². The normalized spacial score (nSPS) is 14.8. The molecule has 1 saturated heterocycles. The van der Waals surface area contributed by atoms with E-state index in [0.29, 0.717) is 5.82 Å². The van der Waals surface area contributed by atoms with Gasteiger partial charge >= 0.3 is 0 Å². The highest BCUT2D eigenvalue weighted by Gasteiger charge is 2.16. The zero-order valence-corrected chi connectivity index (χ0v) is 16.8. The maximum Gasteiger partial charge on any atom is 0.182 e. The number of hydrogen-bond donors (Lipinski definition) is 1.